The topological polar surface area (TPSA) is 84.5 Å². The van der Waals surface area contributed by atoms with Gasteiger partial charge in [-0.15, -0.1) is 6.42 Å². The Bertz CT molecular complexity index is 593. The predicted octanol–water partition coefficient (Wildman–Crippen LogP) is 0.754. The molecule has 4 aliphatic rings. The highest BCUT2D eigenvalue weighted by atomic mass is 16.5. The van der Waals surface area contributed by atoms with E-state index in [0.29, 0.717) is 18.3 Å². The van der Waals surface area contributed by atoms with Gasteiger partial charge in [0.05, 0.1) is 12.0 Å². The van der Waals surface area contributed by atoms with Crippen molar-refractivity contribution in [2.24, 2.45) is 17.3 Å². The SMILES string of the molecule is C#CCNC(=O)COC(=O)C12CC3CC(CC(NC(C)=O)(C3)C1)C2. The van der Waals surface area contributed by atoms with Gasteiger partial charge >= 0.3 is 5.97 Å². The molecule has 24 heavy (non-hydrogen) atoms. The van der Waals surface area contributed by atoms with E-state index in [9.17, 15) is 14.4 Å². The molecular weight excluding hydrogens is 308 g/mol. The van der Waals surface area contributed by atoms with Crippen molar-refractivity contribution in [3.05, 3.63) is 0 Å². The van der Waals surface area contributed by atoms with Crippen LogP contribution in [0.2, 0.25) is 0 Å². The molecule has 2 N–H and O–H groups in total. The maximum Gasteiger partial charge on any atom is 0.312 e. The molecule has 4 rings (SSSR count). The third kappa shape index (κ3) is 3.12. The van der Waals surface area contributed by atoms with Gasteiger partial charge in [0.15, 0.2) is 6.61 Å². The predicted molar refractivity (Wildman–Crippen MR) is 86.5 cm³/mol. The molecule has 4 aliphatic carbocycles. The van der Waals surface area contributed by atoms with Gasteiger partial charge in [-0.2, -0.15) is 0 Å². The molecule has 0 heterocycles. The summed E-state index contributed by atoms with van der Waals surface area (Å²) in [5.41, 5.74) is -0.834. The van der Waals surface area contributed by atoms with Crippen LogP contribution >= 0.6 is 0 Å². The monoisotopic (exact) mass is 332 g/mol. The maximum atomic E-state index is 12.7. The van der Waals surface area contributed by atoms with E-state index in [-0.39, 0.29) is 36.5 Å². The average molecular weight is 332 g/mol. The summed E-state index contributed by atoms with van der Waals surface area (Å²) in [7, 11) is 0. The van der Waals surface area contributed by atoms with E-state index in [0.717, 1.165) is 32.1 Å². The number of nitrogens with one attached hydrogen (secondary N) is 2. The van der Waals surface area contributed by atoms with Gasteiger partial charge in [0.1, 0.15) is 0 Å². The first kappa shape index (κ1) is 16.8. The van der Waals surface area contributed by atoms with E-state index in [4.69, 9.17) is 11.2 Å². The molecule has 0 radical (unpaired) electrons. The lowest BCUT2D eigenvalue weighted by Crippen LogP contribution is -2.64. The second kappa shape index (κ2) is 6.12. The number of esters is 1. The number of hydrogen-bond donors (Lipinski definition) is 2. The van der Waals surface area contributed by atoms with Gasteiger partial charge in [0.2, 0.25) is 5.91 Å². The lowest BCUT2D eigenvalue weighted by Gasteiger charge is -2.60. The molecule has 4 bridgehead atoms. The Kier molecular flexibility index (Phi) is 4.29. The summed E-state index contributed by atoms with van der Waals surface area (Å²) >= 11 is 0. The first-order valence-electron chi connectivity index (χ1n) is 8.53. The summed E-state index contributed by atoms with van der Waals surface area (Å²) in [6, 6.07) is 0. The smallest absolute Gasteiger partial charge is 0.312 e. The summed E-state index contributed by atoms with van der Waals surface area (Å²) in [5.74, 6) is 2.46. The van der Waals surface area contributed by atoms with Gasteiger partial charge < -0.3 is 15.4 Å². The molecule has 6 nitrogen and oxygen atoms in total. The van der Waals surface area contributed by atoms with Gasteiger partial charge in [-0.1, -0.05) is 5.92 Å². The number of carbonyl (C=O) groups excluding carboxylic acids is 3. The minimum Gasteiger partial charge on any atom is -0.455 e. The van der Waals surface area contributed by atoms with Crippen molar-refractivity contribution in [3.8, 4) is 12.3 Å². The van der Waals surface area contributed by atoms with Crippen molar-refractivity contribution in [2.45, 2.75) is 51.0 Å². The summed E-state index contributed by atoms with van der Waals surface area (Å²) in [5, 5.41) is 5.60. The highest BCUT2D eigenvalue weighted by Crippen LogP contribution is 2.62. The number of carbonyl (C=O) groups is 3. The van der Waals surface area contributed by atoms with Crippen LogP contribution in [0.4, 0.5) is 0 Å². The fraction of sp³-hybridized carbons (Fsp3) is 0.722. The van der Waals surface area contributed by atoms with Crippen molar-refractivity contribution in [3.63, 3.8) is 0 Å². The van der Waals surface area contributed by atoms with Gasteiger partial charge in [-0.3, -0.25) is 14.4 Å². The number of rotatable bonds is 5. The van der Waals surface area contributed by atoms with Gasteiger partial charge in [0.25, 0.3) is 5.91 Å². The third-order valence-corrected chi connectivity index (χ3v) is 5.66. The molecule has 0 aromatic rings. The number of hydrogen-bond acceptors (Lipinski definition) is 4. The van der Waals surface area contributed by atoms with Gasteiger partial charge in [-0.25, -0.2) is 0 Å². The van der Waals surface area contributed by atoms with Crippen LogP contribution in [0.3, 0.4) is 0 Å². The Hall–Kier alpha value is -2.03. The molecule has 0 saturated heterocycles. The number of amides is 2. The molecule has 2 atom stereocenters. The minimum absolute atomic E-state index is 0.0471. The van der Waals surface area contributed by atoms with Crippen LogP contribution in [0.1, 0.15) is 45.4 Å². The number of terminal acetylenes is 1. The van der Waals surface area contributed by atoms with Crippen LogP contribution in [0, 0.1) is 29.6 Å². The van der Waals surface area contributed by atoms with Crippen molar-refractivity contribution >= 4 is 17.8 Å². The highest BCUT2D eigenvalue weighted by molar-refractivity contribution is 5.83. The molecule has 2 unspecified atom stereocenters. The molecule has 0 aliphatic heterocycles. The summed E-state index contributed by atoms with van der Waals surface area (Å²) in [4.78, 5) is 36.0. The van der Waals surface area contributed by atoms with Crippen LogP contribution < -0.4 is 10.6 Å². The zero-order valence-electron chi connectivity index (χ0n) is 14.0. The van der Waals surface area contributed by atoms with E-state index in [1.54, 1.807) is 0 Å². The second-order valence-electron chi connectivity index (χ2n) is 7.76. The first-order chi connectivity index (χ1) is 11.4. The summed E-state index contributed by atoms with van der Waals surface area (Å²) in [6.07, 6.45) is 10.3. The van der Waals surface area contributed by atoms with E-state index in [1.807, 2.05) is 0 Å². The minimum atomic E-state index is -0.557. The van der Waals surface area contributed by atoms with Crippen LogP contribution in [0.25, 0.3) is 0 Å². The van der Waals surface area contributed by atoms with Crippen LogP contribution in [0.5, 0.6) is 0 Å². The quantitative estimate of drug-likeness (QED) is 0.575. The first-order valence-corrected chi connectivity index (χ1v) is 8.53. The normalized spacial score (nSPS) is 35.8. The van der Waals surface area contributed by atoms with E-state index < -0.39 is 5.41 Å². The Morgan fingerprint density at radius 2 is 1.88 bits per heavy atom. The number of ether oxygens (including phenoxy) is 1. The fourth-order valence-corrected chi connectivity index (χ4v) is 5.51. The van der Waals surface area contributed by atoms with Crippen molar-refractivity contribution < 1.29 is 19.1 Å². The molecule has 4 fully saturated rings. The molecule has 0 aromatic carbocycles. The lowest BCUT2D eigenvalue weighted by atomic mass is 9.47. The lowest BCUT2D eigenvalue weighted by molar-refractivity contribution is -0.177. The molecule has 0 aromatic heterocycles. The third-order valence-electron chi connectivity index (χ3n) is 5.66. The zero-order valence-corrected chi connectivity index (χ0v) is 14.0. The standard InChI is InChI=1S/C18H24N2O4/c1-3-4-19-15(22)10-24-16(23)17-6-13-5-14(7-17)9-18(8-13,11-17)20-12(2)21/h1,13-14H,4-11H2,2H3,(H,19,22)(H,20,21). The van der Waals surface area contributed by atoms with Gasteiger partial charge in [-0.05, 0) is 50.4 Å². The largest absolute Gasteiger partial charge is 0.455 e. The fourth-order valence-electron chi connectivity index (χ4n) is 5.51. The van der Waals surface area contributed by atoms with Crippen LogP contribution in [-0.2, 0) is 19.1 Å². The van der Waals surface area contributed by atoms with E-state index in [2.05, 4.69) is 16.6 Å². The second-order valence-corrected chi connectivity index (χ2v) is 7.76. The van der Waals surface area contributed by atoms with Crippen LogP contribution in [-0.4, -0.2) is 36.5 Å². The average Bonchev–Trinajstić information content (AvgIpc) is 2.47. The van der Waals surface area contributed by atoms with Crippen LogP contribution in [0.15, 0.2) is 0 Å². The Morgan fingerprint density at radius 3 is 2.46 bits per heavy atom. The molecule has 130 valence electrons. The van der Waals surface area contributed by atoms with Crippen molar-refractivity contribution in [2.75, 3.05) is 13.2 Å². The summed E-state index contributed by atoms with van der Waals surface area (Å²) < 4.78 is 5.30. The molecular formula is C18H24N2O4. The summed E-state index contributed by atoms with van der Waals surface area (Å²) in [6.45, 7) is 1.35. The Morgan fingerprint density at radius 1 is 1.21 bits per heavy atom. The van der Waals surface area contributed by atoms with E-state index in [1.165, 1.54) is 6.92 Å². The maximum absolute atomic E-state index is 12.7. The molecule has 6 heteroatoms. The zero-order chi connectivity index (χ0) is 17.4. The molecule has 2 amide bonds. The van der Waals surface area contributed by atoms with Gasteiger partial charge in [0, 0.05) is 12.5 Å². The molecule has 0 spiro atoms. The van der Waals surface area contributed by atoms with E-state index >= 15 is 0 Å². The highest BCUT2D eigenvalue weighted by Gasteiger charge is 2.61. The Labute approximate surface area is 142 Å². The van der Waals surface area contributed by atoms with Crippen molar-refractivity contribution in [1.29, 1.82) is 0 Å². The molecule has 4 saturated carbocycles. The Balaban J connectivity index is 1.68. The van der Waals surface area contributed by atoms with Crippen molar-refractivity contribution in [1.82, 2.24) is 10.6 Å².